The van der Waals surface area contributed by atoms with E-state index in [0.29, 0.717) is 6.54 Å². The second kappa shape index (κ2) is 5.34. The largest absolute Gasteiger partial charge is 0.311 e. The van der Waals surface area contributed by atoms with Crippen molar-refractivity contribution in [2.75, 3.05) is 0 Å². The zero-order chi connectivity index (χ0) is 11.2. The van der Waals surface area contributed by atoms with Gasteiger partial charge in [0.2, 0.25) is 0 Å². The number of hydrogen-bond acceptors (Lipinski definition) is 4. The maximum absolute atomic E-state index is 5.95. The van der Waals surface area contributed by atoms with Gasteiger partial charge in [0, 0.05) is 25.1 Å². The Morgan fingerprint density at radius 3 is 2.81 bits per heavy atom. The summed E-state index contributed by atoms with van der Waals surface area (Å²) in [5.74, 6) is 0. The van der Waals surface area contributed by atoms with Crippen LogP contribution in [0.5, 0.6) is 0 Å². The fourth-order valence-electron chi connectivity index (χ4n) is 1.40. The Morgan fingerprint density at radius 2 is 2.12 bits per heavy atom. The molecule has 0 fully saturated rings. The van der Waals surface area contributed by atoms with Crippen molar-refractivity contribution in [1.29, 1.82) is 0 Å². The van der Waals surface area contributed by atoms with Gasteiger partial charge in [0.15, 0.2) is 0 Å². The molecule has 0 aliphatic rings. The van der Waals surface area contributed by atoms with Crippen molar-refractivity contribution in [1.82, 2.24) is 15.3 Å². The average molecular weight is 214 g/mol. The van der Waals surface area contributed by atoms with Crippen molar-refractivity contribution in [3.8, 4) is 0 Å². The summed E-state index contributed by atoms with van der Waals surface area (Å²) in [5.41, 5.74) is 7.89. The average Bonchev–Trinajstić information content (AvgIpc) is 2.38. The maximum atomic E-state index is 5.95. The van der Waals surface area contributed by atoms with E-state index in [4.69, 9.17) is 5.73 Å². The Hall–Kier alpha value is -1.78. The molecule has 0 spiro atoms. The van der Waals surface area contributed by atoms with Crippen molar-refractivity contribution in [3.05, 3.63) is 60.2 Å². The molecule has 0 aliphatic heterocycles. The highest BCUT2D eigenvalue weighted by molar-refractivity contribution is 5.10. The second-order valence-corrected chi connectivity index (χ2v) is 3.47. The zero-order valence-corrected chi connectivity index (χ0v) is 8.88. The molecule has 82 valence electrons. The minimum absolute atomic E-state index is 0.249. The first kappa shape index (κ1) is 10.7. The molecular formula is C12H14N4. The van der Waals surface area contributed by atoms with Gasteiger partial charge in [-0.1, -0.05) is 12.1 Å². The molecule has 4 heteroatoms. The van der Waals surface area contributed by atoms with Crippen LogP contribution in [0.25, 0.3) is 0 Å². The smallest absolute Gasteiger partial charge is 0.0987 e. The molecule has 2 aromatic heterocycles. The standard InChI is InChI=1S/C12H14N4/c13-12(11-5-1-2-7-15-11)16-9-10-4-3-6-14-8-10/h1-8,12,16H,9,13H2. The van der Waals surface area contributed by atoms with E-state index in [-0.39, 0.29) is 6.17 Å². The van der Waals surface area contributed by atoms with Crippen molar-refractivity contribution in [3.63, 3.8) is 0 Å². The molecular weight excluding hydrogens is 200 g/mol. The highest BCUT2D eigenvalue weighted by atomic mass is 15.0. The number of nitrogens with one attached hydrogen (secondary N) is 1. The van der Waals surface area contributed by atoms with Gasteiger partial charge in [-0.2, -0.15) is 0 Å². The summed E-state index contributed by atoms with van der Waals surface area (Å²) < 4.78 is 0. The summed E-state index contributed by atoms with van der Waals surface area (Å²) in [4.78, 5) is 8.23. The van der Waals surface area contributed by atoms with Crippen LogP contribution in [-0.2, 0) is 6.54 Å². The monoisotopic (exact) mass is 214 g/mol. The van der Waals surface area contributed by atoms with Crippen LogP contribution in [0.15, 0.2) is 48.9 Å². The van der Waals surface area contributed by atoms with Gasteiger partial charge >= 0.3 is 0 Å². The molecule has 0 aromatic carbocycles. The molecule has 2 heterocycles. The lowest BCUT2D eigenvalue weighted by Gasteiger charge is -2.12. The van der Waals surface area contributed by atoms with Crippen molar-refractivity contribution in [2.24, 2.45) is 5.73 Å². The molecule has 0 bridgehead atoms. The van der Waals surface area contributed by atoms with Gasteiger partial charge in [0.1, 0.15) is 0 Å². The molecule has 3 N–H and O–H groups in total. The van der Waals surface area contributed by atoms with Crippen LogP contribution in [-0.4, -0.2) is 9.97 Å². The quantitative estimate of drug-likeness (QED) is 0.751. The number of nitrogens with zero attached hydrogens (tertiary/aromatic N) is 2. The van der Waals surface area contributed by atoms with Crippen LogP contribution in [0.4, 0.5) is 0 Å². The van der Waals surface area contributed by atoms with Gasteiger partial charge in [-0.15, -0.1) is 0 Å². The second-order valence-electron chi connectivity index (χ2n) is 3.47. The topological polar surface area (TPSA) is 63.8 Å². The van der Waals surface area contributed by atoms with Crippen LogP contribution in [0.2, 0.25) is 0 Å². The molecule has 1 atom stereocenters. The fourth-order valence-corrected chi connectivity index (χ4v) is 1.40. The van der Waals surface area contributed by atoms with Gasteiger partial charge in [-0.05, 0) is 23.8 Å². The van der Waals surface area contributed by atoms with Gasteiger partial charge in [-0.3, -0.25) is 15.3 Å². The molecule has 0 radical (unpaired) electrons. The van der Waals surface area contributed by atoms with E-state index >= 15 is 0 Å². The van der Waals surface area contributed by atoms with E-state index in [1.54, 1.807) is 12.4 Å². The lowest BCUT2D eigenvalue weighted by atomic mass is 10.2. The summed E-state index contributed by atoms with van der Waals surface area (Å²) in [6, 6.07) is 9.61. The molecule has 16 heavy (non-hydrogen) atoms. The predicted octanol–water partition coefficient (Wildman–Crippen LogP) is 1.22. The van der Waals surface area contributed by atoms with Crippen LogP contribution < -0.4 is 11.1 Å². The van der Waals surface area contributed by atoms with E-state index in [9.17, 15) is 0 Å². The summed E-state index contributed by atoms with van der Waals surface area (Å²) in [6.07, 6.45) is 5.06. The lowest BCUT2D eigenvalue weighted by Crippen LogP contribution is -2.28. The Kier molecular flexibility index (Phi) is 3.58. The minimum atomic E-state index is -0.249. The van der Waals surface area contributed by atoms with Crippen molar-refractivity contribution in [2.45, 2.75) is 12.7 Å². The van der Waals surface area contributed by atoms with Crippen molar-refractivity contribution >= 4 is 0 Å². The number of pyridine rings is 2. The predicted molar refractivity (Wildman–Crippen MR) is 62.2 cm³/mol. The summed E-state index contributed by atoms with van der Waals surface area (Å²) in [6.45, 7) is 0.686. The van der Waals surface area contributed by atoms with E-state index in [0.717, 1.165) is 11.3 Å². The molecule has 4 nitrogen and oxygen atoms in total. The maximum Gasteiger partial charge on any atom is 0.0987 e. The third kappa shape index (κ3) is 2.85. The van der Waals surface area contributed by atoms with Crippen LogP contribution in [0.3, 0.4) is 0 Å². The minimum Gasteiger partial charge on any atom is -0.311 e. The van der Waals surface area contributed by atoms with E-state index in [2.05, 4.69) is 15.3 Å². The van der Waals surface area contributed by atoms with Gasteiger partial charge in [0.25, 0.3) is 0 Å². The summed E-state index contributed by atoms with van der Waals surface area (Å²) in [7, 11) is 0. The summed E-state index contributed by atoms with van der Waals surface area (Å²) >= 11 is 0. The first-order chi connectivity index (χ1) is 7.86. The highest BCUT2D eigenvalue weighted by Gasteiger charge is 2.05. The molecule has 2 aromatic rings. The Balaban J connectivity index is 1.92. The first-order valence-electron chi connectivity index (χ1n) is 5.15. The lowest BCUT2D eigenvalue weighted by molar-refractivity contribution is 0.538. The van der Waals surface area contributed by atoms with Gasteiger partial charge in [-0.25, -0.2) is 0 Å². The van der Waals surface area contributed by atoms with E-state index in [1.165, 1.54) is 0 Å². The normalized spacial score (nSPS) is 12.3. The SMILES string of the molecule is NC(NCc1cccnc1)c1ccccn1. The molecule has 0 amide bonds. The van der Waals surface area contributed by atoms with E-state index < -0.39 is 0 Å². The molecule has 0 saturated carbocycles. The van der Waals surface area contributed by atoms with Gasteiger partial charge < -0.3 is 5.73 Å². The Bertz CT molecular complexity index is 416. The molecule has 0 aliphatic carbocycles. The molecule has 2 rings (SSSR count). The highest BCUT2D eigenvalue weighted by Crippen LogP contribution is 2.04. The number of aromatic nitrogens is 2. The number of nitrogens with two attached hydrogens (primary N) is 1. The number of rotatable bonds is 4. The first-order valence-corrected chi connectivity index (χ1v) is 5.15. The number of hydrogen-bond donors (Lipinski definition) is 2. The zero-order valence-electron chi connectivity index (χ0n) is 8.88. The summed E-state index contributed by atoms with van der Waals surface area (Å²) in [5, 5.41) is 3.19. The van der Waals surface area contributed by atoms with Crippen LogP contribution in [0.1, 0.15) is 17.4 Å². The fraction of sp³-hybridized carbons (Fsp3) is 0.167. The van der Waals surface area contributed by atoms with E-state index in [1.807, 2.05) is 36.5 Å². The van der Waals surface area contributed by atoms with Gasteiger partial charge in [0.05, 0.1) is 11.9 Å². The molecule has 0 saturated heterocycles. The van der Waals surface area contributed by atoms with Crippen molar-refractivity contribution < 1.29 is 0 Å². The third-order valence-corrected chi connectivity index (χ3v) is 2.26. The molecule has 1 unspecified atom stereocenters. The Morgan fingerprint density at radius 1 is 1.19 bits per heavy atom. The third-order valence-electron chi connectivity index (χ3n) is 2.26. The Labute approximate surface area is 94.5 Å². The van der Waals surface area contributed by atoms with Crippen LogP contribution >= 0.6 is 0 Å². The van der Waals surface area contributed by atoms with Crippen LogP contribution in [0, 0.1) is 0 Å².